The quantitative estimate of drug-likeness (QED) is 0.435. The number of hydrogen-bond acceptors (Lipinski definition) is 5. The van der Waals surface area contributed by atoms with Crippen LogP contribution in [0.4, 0.5) is 21.9 Å². The first-order chi connectivity index (χ1) is 14.6. The average molecular weight is 399 g/mol. The van der Waals surface area contributed by atoms with Crippen LogP contribution < -0.4 is 5.32 Å². The minimum absolute atomic E-state index is 0.505. The molecule has 148 valence electrons. The zero-order valence-corrected chi connectivity index (χ0v) is 15.8. The van der Waals surface area contributed by atoms with Gasteiger partial charge in [-0.25, -0.2) is 14.4 Å². The number of carboxylic acid groups (broad SMARTS) is 1. The maximum atomic E-state index is 10.8. The lowest BCUT2D eigenvalue weighted by Gasteiger charge is -2.10. The number of amides is 1. The van der Waals surface area contributed by atoms with E-state index in [1.54, 1.807) is 36.4 Å². The Bertz CT molecular complexity index is 1140. The Balaban J connectivity index is 1.82. The SMILES string of the molecule is O=C=Nc1ccc(Cc2cc(Cc3ccc(NC(=O)O)cc3)ccc2N=C=O)cc1. The van der Waals surface area contributed by atoms with Crippen molar-refractivity contribution in [2.75, 3.05) is 5.32 Å². The molecule has 3 rings (SSSR count). The first kappa shape index (κ1) is 20.4. The second kappa shape index (κ2) is 9.75. The normalized spacial score (nSPS) is 9.87. The fourth-order valence-electron chi connectivity index (χ4n) is 3.07. The van der Waals surface area contributed by atoms with Gasteiger partial charge in [-0.2, -0.15) is 9.98 Å². The maximum Gasteiger partial charge on any atom is 0.409 e. The van der Waals surface area contributed by atoms with Gasteiger partial charge in [-0.05, 0) is 65.4 Å². The number of carbonyl (C=O) groups excluding carboxylic acids is 2. The molecule has 0 radical (unpaired) electrons. The molecule has 0 spiro atoms. The maximum absolute atomic E-state index is 10.8. The highest BCUT2D eigenvalue weighted by molar-refractivity contribution is 5.82. The van der Waals surface area contributed by atoms with Gasteiger partial charge in [-0.3, -0.25) is 5.32 Å². The molecular weight excluding hydrogens is 382 g/mol. The van der Waals surface area contributed by atoms with Crippen LogP contribution in [0.15, 0.2) is 76.7 Å². The molecule has 0 saturated heterocycles. The van der Waals surface area contributed by atoms with Crippen LogP contribution in [0.1, 0.15) is 22.3 Å². The van der Waals surface area contributed by atoms with Gasteiger partial charge in [0.05, 0.1) is 11.4 Å². The Kier molecular flexibility index (Phi) is 6.64. The molecule has 0 heterocycles. The monoisotopic (exact) mass is 399 g/mol. The van der Waals surface area contributed by atoms with Crippen molar-refractivity contribution < 1.29 is 19.5 Å². The van der Waals surface area contributed by atoms with Crippen molar-refractivity contribution in [1.29, 1.82) is 0 Å². The number of anilines is 1. The topological polar surface area (TPSA) is 108 Å². The molecule has 7 nitrogen and oxygen atoms in total. The first-order valence-electron chi connectivity index (χ1n) is 9.03. The molecule has 2 N–H and O–H groups in total. The summed E-state index contributed by atoms with van der Waals surface area (Å²) in [5.74, 6) is 0. The molecular formula is C23H17N3O4. The number of nitrogens with one attached hydrogen (secondary N) is 1. The lowest BCUT2D eigenvalue weighted by Crippen LogP contribution is -2.06. The number of isocyanates is 2. The second-order valence-electron chi connectivity index (χ2n) is 6.52. The van der Waals surface area contributed by atoms with Gasteiger partial charge in [-0.15, -0.1) is 0 Å². The van der Waals surface area contributed by atoms with E-state index in [9.17, 15) is 14.4 Å². The second-order valence-corrected chi connectivity index (χ2v) is 6.52. The largest absolute Gasteiger partial charge is 0.465 e. The van der Waals surface area contributed by atoms with E-state index in [2.05, 4.69) is 15.3 Å². The summed E-state index contributed by atoms with van der Waals surface area (Å²) in [6.07, 6.45) is 3.17. The van der Waals surface area contributed by atoms with E-state index in [0.717, 1.165) is 22.3 Å². The zero-order valence-electron chi connectivity index (χ0n) is 15.8. The third-order valence-corrected chi connectivity index (χ3v) is 4.43. The fourth-order valence-corrected chi connectivity index (χ4v) is 3.07. The molecule has 0 unspecified atom stereocenters. The smallest absolute Gasteiger partial charge is 0.409 e. The molecule has 1 amide bonds. The van der Waals surface area contributed by atoms with Crippen LogP contribution in [0.5, 0.6) is 0 Å². The van der Waals surface area contributed by atoms with E-state index in [0.29, 0.717) is 29.9 Å². The Morgan fingerprint density at radius 2 is 1.40 bits per heavy atom. The van der Waals surface area contributed by atoms with Crippen LogP contribution in [0, 0.1) is 0 Å². The number of rotatable bonds is 7. The lowest BCUT2D eigenvalue weighted by atomic mass is 9.97. The minimum Gasteiger partial charge on any atom is -0.465 e. The van der Waals surface area contributed by atoms with Gasteiger partial charge in [-0.1, -0.05) is 36.4 Å². The molecule has 0 aliphatic rings. The van der Waals surface area contributed by atoms with Crippen LogP contribution in [0.3, 0.4) is 0 Å². The summed E-state index contributed by atoms with van der Waals surface area (Å²) in [4.78, 5) is 39.2. The highest BCUT2D eigenvalue weighted by atomic mass is 16.4. The average Bonchev–Trinajstić information content (AvgIpc) is 2.73. The molecule has 30 heavy (non-hydrogen) atoms. The van der Waals surface area contributed by atoms with Gasteiger partial charge < -0.3 is 5.11 Å². The summed E-state index contributed by atoms with van der Waals surface area (Å²) >= 11 is 0. The Hall–Kier alpha value is -4.31. The van der Waals surface area contributed by atoms with E-state index >= 15 is 0 Å². The number of carbonyl (C=O) groups is 1. The van der Waals surface area contributed by atoms with Crippen LogP contribution in [-0.2, 0) is 22.4 Å². The standard InChI is InChI=1S/C23H17N3O4/c27-14-24-20-6-1-17(2-7-20)12-19-13-18(5-10-22(19)25-15-28)11-16-3-8-21(9-4-16)26-23(29)30/h1-10,13,26H,11-12H2,(H,29,30). The molecule has 3 aromatic rings. The summed E-state index contributed by atoms with van der Waals surface area (Å²) in [5.41, 5.74) is 5.45. The van der Waals surface area contributed by atoms with Crippen molar-refractivity contribution in [2.45, 2.75) is 12.8 Å². The summed E-state index contributed by atoms with van der Waals surface area (Å²) in [7, 11) is 0. The highest BCUT2D eigenvalue weighted by Gasteiger charge is 2.07. The zero-order chi connectivity index (χ0) is 21.3. The van der Waals surface area contributed by atoms with Crippen molar-refractivity contribution in [2.24, 2.45) is 9.98 Å². The van der Waals surface area contributed by atoms with Crippen LogP contribution in [-0.4, -0.2) is 23.4 Å². The van der Waals surface area contributed by atoms with E-state index in [1.165, 1.54) is 6.08 Å². The molecule has 0 aliphatic carbocycles. The third kappa shape index (κ3) is 5.59. The van der Waals surface area contributed by atoms with Gasteiger partial charge in [0.2, 0.25) is 12.2 Å². The molecule has 3 aromatic carbocycles. The predicted octanol–water partition coefficient (Wildman–Crippen LogP) is 4.89. The number of hydrogen-bond donors (Lipinski definition) is 2. The molecule has 0 aromatic heterocycles. The van der Waals surface area contributed by atoms with E-state index in [-0.39, 0.29) is 0 Å². The van der Waals surface area contributed by atoms with Gasteiger partial charge >= 0.3 is 6.09 Å². The molecule has 0 saturated carbocycles. The van der Waals surface area contributed by atoms with Gasteiger partial charge in [0.25, 0.3) is 0 Å². The van der Waals surface area contributed by atoms with Crippen molar-refractivity contribution >= 4 is 35.3 Å². The van der Waals surface area contributed by atoms with E-state index < -0.39 is 6.09 Å². The molecule has 7 heteroatoms. The van der Waals surface area contributed by atoms with Gasteiger partial charge in [0.15, 0.2) is 0 Å². The molecule has 0 fully saturated rings. The molecule has 0 bridgehead atoms. The van der Waals surface area contributed by atoms with Crippen LogP contribution in [0.25, 0.3) is 0 Å². The molecule has 0 atom stereocenters. The Labute approximate surface area is 172 Å². The Morgan fingerprint density at radius 3 is 2.03 bits per heavy atom. The fraction of sp³-hybridized carbons (Fsp3) is 0.0870. The predicted molar refractivity (Wildman–Crippen MR) is 112 cm³/mol. The summed E-state index contributed by atoms with van der Waals surface area (Å²) in [6.45, 7) is 0. The van der Waals surface area contributed by atoms with Gasteiger partial charge in [0, 0.05) is 5.69 Å². The van der Waals surface area contributed by atoms with E-state index in [1.807, 2.05) is 36.4 Å². The Morgan fingerprint density at radius 1 is 0.800 bits per heavy atom. The highest BCUT2D eigenvalue weighted by Crippen LogP contribution is 2.26. The third-order valence-electron chi connectivity index (χ3n) is 4.43. The van der Waals surface area contributed by atoms with Crippen LogP contribution >= 0.6 is 0 Å². The summed E-state index contributed by atoms with van der Waals surface area (Å²) < 4.78 is 0. The van der Waals surface area contributed by atoms with Gasteiger partial charge in [0.1, 0.15) is 0 Å². The number of benzene rings is 3. The number of nitrogens with zero attached hydrogens (tertiary/aromatic N) is 2. The number of aliphatic imine (C=N–C) groups is 2. The minimum atomic E-state index is -1.11. The van der Waals surface area contributed by atoms with Crippen molar-refractivity contribution in [3.63, 3.8) is 0 Å². The van der Waals surface area contributed by atoms with E-state index in [4.69, 9.17) is 5.11 Å². The van der Waals surface area contributed by atoms with Crippen molar-refractivity contribution in [1.82, 2.24) is 0 Å². The van der Waals surface area contributed by atoms with Crippen molar-refractivity contribution in [3.05, 3.63) is 89.0 Å². The first-order valence-corrected chi connectivity index (χ1v) is 9.03. The summed E-state index contributed by atoms with van der Waals surface area (Å²) in [5, 5.41) is 11.1. The molecule has 0 aliphatic heterocycles. The van der Waals surface area contributed by atoms with Crippen LogP contribution in [0.2, 0.25) is 0 Å². The van der Waals surface area contributed by atoms with Crippen molar-refractivity contribution in [3.8, 4) is 0 Å². The lowest BCUT2D eigenvalue weighted by molar-refractivity contribution is 0.209. The summed E-state index contributed by atoms with van der Waals surface area (Å²) in [6, 6.07) is 19.9.